The minimum absolute atomic E-state index is 1.07. The molecule has 0 aliphatic rings. The van der Waals surface area contributed by atoms with Gasteiger partial charge in [-0.15, -0.1) is 0 Å². The summed E-state index contributed by atoms with van der Waals surface area (Å²) in [5, 5.41) is 2.49. The normalized spacial score (nSPS) is 11.2. The first-order valence-corrected chi connectivity index (χ1v) is 23.3. The van der Waals surface area contributed by atoms with Gasteiger partial charge in [-0.2, -0.15) is 0 Å². The van der Waals surface area contributed by atoms with Gasteiger partial charge in [0.2, 0.25) is 0 Å². The summed E-state index contributed by atoms with van der Waals surface area (Å²) >= 11 is 0. The minimum Gasteiger partial charge on any atom is -0.309 e. The lowest BCUT2D eigenvalue weighted by atomic mass is 9.91. The first-order chi connectivity index (χ1) is 33.7. The third-order valence-electron chi connectivity index (χ3n) is 13.2. The Hall–Kier alpha value is -8.98. The number of nitrogens with zero attached hydrogens (tertiary/aromatic N) is 2. The summed E-state index contributed by atoms with van der Waals surface area (Å²) in [7, 11) is 0. The molecule has 0 radical (unpaired) electrons. The Morgan fingerprint density at radius 3 is 1.18 bits per heavy atom. The molecule has 0 bridgehead atoms. The van der Waals surface area contributed by atoms with E-state index in [0.717, 1.165) is 56.1 Å². The van der Waals surface area contributed by atoms with Gasteiger partial charge in [0.25, 0.3) is 0 Å². The van der Waals surface area contributed by atoms with Crippen LogP contribution in [-0.2, 0) is 0 Å². The van der Waals surface area contributed by atoms with Crippen molar-refractivity contribution in [3.8, 4) is 72.4 Å². The van der Waals surface area contributed by atoms with Crippen LogP contribution in [0.5, 0.6) is 0 Å². The number of aromatic nitrogens is 1. The summed E-state index contributed by atoms with van der Waals surface area (Å²) in [5.41, 5.74) is 20.9. The predicted molar refractivity (Wildman–Crippen MR) is 288 cm³/mol. The first kappa shape index (κ1) is 40.5. The van der Waals surface area contributed by atoms with Crippen LogP contribution in [-0.4, -0.2) is 4.57 Å². The second-order valence-corrected chi connectivity index (χ2v) is 17.3. The lowest BCUT2D eigenvalue weighted by Crippen LogP contribution is -2.12. The number of anilines is 3. The number of para-hydroxylation sites is 3. The molecule has 0 unspecified atom stereocenters. The van der Waals surface area contributed by atoms with E-state index in [1.807, 2.05) is 0 Å². The van der Waals surface area contributed by atoms with Gasteiger partial charge in [0.05, 0.1) is 16.7 Å². The van der Waals surface area contributed by atoms with Crippen LogP contribution in [0, 0.1) is 0 Å². The van der Waals surface area contributed by atoms with Gasteiger partial charge in [-0.05, 0) is 122 Å². The second-order valence-electron chi connectivity index (χ2n) is 17.3. The Bertz CT molecular complexity index is 3620. The summed E-state index contributed by atoms with van der Waals surface area (Å²) in [6.07, 6.45) is 0. The lowest BCUT2D eigenvalue weighted by Gasteiger charge is -2.30. The molecule has 2 nitrogen and oxygen atoms in total. The summed E-state index contributed by atoms with van der Waals surface area (Å²) in [6, 6.07) is 101. The number of hydrogen-bond acceptors (Lipinski definition) is 1. The first-order valence-electron chi connectivity index (χ1n) is 23.3. The molecule has 0 N–H and O–H groups in total. The van der Waals surface area contributed by atoms with Gasteiger partial charge in [0.1, 0.15) is 0 Å². The van der Waals surface area contributed by atoms with Crippen LogP contribution in [0.2, 0.25) is 0 Å². The highest BCUT2D eigenvalue weighted by molar-refractivity contribution is 6.16. The van der Waals surface area contributed by atoms with Gasteiger partial charge in [-0.1, -0.05) is 212 Å². The number of fused-ring (bicyclic) bond motifs is 3. The van der Waals surface area contributed by atoms with E-state index in [1.165, 1.54) is 55.2 Å². The largest absolute Gasteiger partial charge is 0.309 e. The van der Waals surface area contributed by atoms with Crippen molar-refractivity contribution >= 4 is 38.9 Å². The smallest absolute Gasteiger partial charge is 0.0618 e. The van der Waals surface area contributed by atoms with Crippen molar-refractivity contribution in [3.63, 3.8) is 0 Å². The standard InChI is InChI=1S/C66H46N2/c1-6-20-47(21-7-1)49-36-40-57(41-37-49)67(66-60(51-24-10-3-11-25-51)32-18-33-61(66)52-26-12-4-13-27-52)58-42-38-50(39-43-58)54-44-53(48-22-8-2-9-23-48)45-55(46-54)59-31-19-35-64-65(59)62-30-16-17-34-63(62)68(64)56-28-14-5-15-29-56/h1-46H. The van der Waals surface area contributed by atoms with Gasteiger partial charge >= 0.3 is 0 Å². The molecule has 0 fully saturated rings. The van der Waals surface area contributed by atoms with Crippen LogP contribution in [0.1, 0.15) is 0 Å². The predicted octanol–water partition coefficient (Wildman–Crippen LogP) is 18.3. The maximum atomic E-state index is 2.44. The van der Waals surface area contributed by atoms with Crippen molar-refractivity contribution in [2.24, 2.45) is 0 Å². The summed E-state index contributed by atoms with van der Waals surface area (Å²) < 4.78 is 2.40. The fourth-order valence-corrected chi connectivity index (χ4v) is 9.99. The molecule has 1 heterocycles. The maximum absolute atomic E-state index is 2.44. The molecule has 2 heteroatoms. The zero-order valence-corrected chi connectivity index (χ0v) is 37.5. The third-order valence-corrected chi connectivity index (χ3v) is 13.2. The van der Waals surface area contributed by atoms with Crippen LogP contribution in [0.3, 0.4) is 0 Å². The molecule has 0 aliphatic heterocycles. The molecule has 0 saturated carbocycles. The van der Waals surface area contributed by atoms with Gasteiger partial charge in [0.15, 0.2) is 0 Å². The van der Waals surface area contributed by atoms with E-state index in [0.29, 0.717) is 0 Å². The average Bonchev–Trinajstić information content (AvgIpc) is 3.77. The van der Waals surface area contributed by atoms with Crippen molar-refractivity contribution in [1.82, 2.24) is 4.57 Å². The molecular formula is C66H46N2. The topological polar surface area (TPSA) is 8.17 Å². The summed E-state index contributed by atoms with van der Waals surface area (Å²) in [5.74, 6) is 0. The lowest BCUT2D eigenvalue weighted by molar-refractivity contribution is 1.18. The zero-order chi connectivity index (χ0) is 45.2. The molecule has 12 aromatic rings. The molecule has 68 heavy (non-hydrogen) atoms. The third kappa shape index (κ3) is 7.54. The monoisotopic (exact) mass is 866 g/mol. The Kier molecular flexibility index (Phi) is 10.6. The van der Waals surface area contributed by atoms with E-state index in [9.17, 15) is 0 Å². The minimum atomic E-state index is 1.07. The van der Waals surface area contributed by atoms with E-state index in [4.69, 9.17) is 0 Å². The zero-order valence-electron chi connectivity index (χ0n) is 37.5. The molecule has 0 atom stereocenters. The summed E-state index contributed by atoms with van der Waals surface area (Å²) in [6.45, 7) is 0. The number of hydrogen-bond donors (Lipinski definition) is 0. The van der Waals surface area contributed by atoms with E-state index in [1.54, 1.807) is 0 Å². The molecular weight excluding hydrogens is 821 g/mol. The molecule has 1 aromatic heterocycles. The van der Waals surface area contributed by atoms with Crippen molar-refractivity contribution in [2.45, 2.75) is 0 Å². The fraction of sp³-hybridized carbons (Fsp3) is 0. The molecule has 12 rings (SSSR count). The van der Waals surface area contributed by atoms with Crippen LogP contribution >= 0.6 is 0 Å². The maximum Gasteiger partial charge on any atom is 0.0618 e. The Balaban J connectivity index is 1.04. The van der Waals surface area contributed by atoms with Gasteiger partial charge < -0.3 is 9.47 Å². The number of rotatable bonds is 10. The van der Waals surface area contributed by atoms with Gasteiger partial charge in [-0.3, -0.25) is 0 Å². The Morgan fingerprint density at radius 2 is 0.632 bits per heavy atom. The summed E-state index contributed by atoms with van der Waals surface area (Å²) in [4.78, 5) is 2.44. The van der Waals surface area contributed by atoms with Crippen LogP contribution in [0.4, 0.5) is 17.1 Å². The van der Waals surface area contributed by atoms with Crippen LogP contribution in [0.15, 0.2) is 279 Å². The SMILES string of the molecule is c1ccc(-c2ccc(N(c3ccc(-c4cc(-c5ccccc5)cc(-c5cccc6c5c5ccccc5n6-c5ccccc5)c4)cc3)c3c(-c4ccccc4)cccc3-c3ccccc3)cc2)cc1. The number of benzene rings is 11. The Labute approximate surface area is 397 Å². The molecule has 0 saturated heterocycles. The molecule has 0 spiro atoms. The van der Waals surface area contributed by atoms with Crippen molar-refractivity contribution in [1.29, 1.82) is 0 Å². The van der Waals surface area contributed by atoms with Gasteiger partial charge in [0, 0.05) is 39.0 Å². The van der Waals surface area contributed by atoms with Crippen molar-refractivity contribution in [2.75, 3.05) is 4.90 Å². The highest BCUT2D eigenvalue weighted by Gasteiger charge is 2.23. The molecule has 11 aromatic carbocycles. The molecule has 0 aliphatic carbocycles. The quantitative estimate of drug-likeness (QED) is 0.133. The van der Waals surface area contributed by atoms with E-state index in [-0.39, 0.29) is 0 Å². The van der Waals surface area contributed by atoms with E-state index < -0.39 is 0 Å². The van der Waals surface area contributed by atoms with Crippen LogP contribution in [0.25, 0.3) is 94.3 Å². The molecule has 0 amide bonds. The van der Waals surface area contributed by atoms with Crippen molar-refractivity contribution in [3.05, 3.63) is 279 Å². The van der Waals surface area contributed by atoms with Gasteiger partial charge in [-0.25, -0.2) is 0 Å². The van der Waals surface area contributed by atoms with E-state index in [2.05, 4.69) is 289 Å². The van der Waals surface area contributed by atoms with Crippen molar-refractivity contribution < 1.29 is 0 Å². The second kappa shape index (κ2) is 17.8. The van der Waals surface area contributed by atoms with E-state index >= 15 is 0 Å². The molecule has 320 valence electrons. The fourth-order valence-electron chi connectivity index (χ4n) is 9.99. The highest BCUT2D eigenvalue weighted by Crippen LogP contribution is 2.48. The van der Waals surface area contributed by atoms with Crippen LogP contribution < -0.4 is 4.90 Å². The Morgan fingerprint density at radius 1 is 0.250 bits per heavy atom. The average molecular weight is 867 g/mol. The highest BCUT2D eigenvalue weighted by atomic mass is 15.1.